The molecule has 3 rings (SSSR count). The van der Waals surface area contributed by atoms with Crippen molar-refractivity contribution >= 4 is 11.9 Å². The quantitative estimate of drug-likeness (QED) is 0.843. The smallest absolute Gasteiger partial charge is 0.326 e. The largest absolute Gasteiger partial charge is 0.480 e. The zero-order valence-corrected chi connectivity index (χ0v) is 12.8. The van der Waals surface area contributed by atoms with E-state index in [1.54, 1.807) is 11.6 Å². The third-order valence-corrected chi connectivity index (χ3v) is 3.98. The zero-order valence-electron chi connectivity index (χ0n) is 12.8. The summed E-state index contributed by atoms with van der Waals surface area (Å²) in [6.45, 7) is 1.73. The molecule has 1 aliphatic rings. The van der Waals surface area contributed by atoms with Crippen LogP contribution in [0.3, 0.4) is 0 Å². The van der Waals surface area contributed by atoms with Gasteiger partial charge in [0.05, 0.1) is 11.4 Å². The Kier molecular flexibility index (Phi) is 4.10. The number of nitrogens with zero attached hydrogens (tertiary/aromatic N) is 3. The molecule has 1 fully saturated rings. The lowest BCUT2D eigenvalue weighted by Crippen LogP contribution is -2.41. The first-order valence-electron chi connectivity index (χ1n) is 7.57. The molecule has 0 aliphatic heterocycles. The van der Waals surface area contributed by atoms with Crippen molar-refractivity contribution < 1.29 is 14.7 Å². The number of amides is 1. The molecule has 1 aliphatic carbocycles. The van der Waals surface area contributed by atoms with Crippen molar-refractivity contribution in [1.29, 1.82) is 0 Å². The van der Waals surface area contributed by atoms with E-state index in [0.717, 1.165) is 18.5 Å². The van der Waals surface area contributed by atoms with Gasteiger partial charge >= 0.3 is 5.97 Å². The first-order chi connectivity index (χ1) is 11.1. The van der Waals surface area contributed by atoms with Crippen LogP contribution in [0.25, 0.3) is 5.69 Å². The van der Waals surface area contributed by atoms with E-state index in [-0.39, 0.29) is 5.69 Å². The Morgan fingerprint density at radius 2 is 2.04 bits per heavy atom. The molecule has 2 N–H and O–H groups in total. The van der Waals surface area contributed by atoms with Gasteiger partial charge in [0.15, 0.2) is 5.69 Å². The molecule has 2 aromatic rings. The molecule has 1 aromatic carbocycles. The molecule has 0 bridgehead atoms. The molecule has 1 atom stereocenters. The zero-order chi connectivity index (χ0) is 16.4. The van der Waals surface area contributed by atoms with Gasteiger partial charge in [0, 0.05) is 0 Å². The predicted molar refractivity (Wildman–Crippen MR) is 82.3 cm³/mol. The van der Waals surface area contributed by atoms with Crippen LogP contribution in [0.5, 0.6) is 0 Å². The highest BCUT2D eigenvalue weighted by atomic mass is 16.4. The van der Waals surface area contributed by atoms with Gasteiger partial charge in [-0.2, -0.15) is 0 Å². The van der Waals surface area contributed by atoms with E-state index in [2.05, 4.69) is 15.6 Å². The number of nitrogens with one attached hydrogen (secondary N) is 1. The van der Waals surface area contributed by atoms with Gasteiger partial charge in [-0.05, 0) is 31.4 Å². The summed E-state index contributed by atoms with van der Waals surface area (Å²) in [6.07, 6.45) is 2.53. The van der Waals surface area contributed by atoms with Gasteiger partial charge in [0.25, 0.3) is 5.91 Å². The Morgan fingerprint density at radius 1 is 1.35 bits per heavy atom. The molecule has 0 radical (unpaired) electrons. The van der Waals surface area contributed by atoms with E-state index in [4.69, 9.17) is 0 Å². The number of para-hydroxylation sites is 1. The van der Waals surface area contributed by atoms with Gasteiger partial charge in [-0.25, -0.2) is 9.48 Å². The summed E-state index contributed by atoms with van der Waals surface area (Å²) in [4.78, 5) is 23.6. The minimum atomic E-state index is -1.02. The lowest BCUT2D eigenvalue weighted by Gasteiger charge is -2.13. The van der Waals surface area contributed by atoms with Crippen LogP contribution in [0, 0.1) is 12.8 Å². The Bertz CT molecular complexity index is 722. The molecule has 1 amide bonds. The Labute approximate surface area is 133 Å². The Balaban J connectivity index is 1.77. The molecule has 1 saturated carbocycles. The van der Waals surface area contributed by atoms with E-state index in [1.165, 1.54) is 0 Å². The number of carboxylic acid groups (broad SMARTS) is 1. The van der Waals surface area contributed by atoms with Gasteiger partial charge in [0.2, 0.25) is 0 Å². The average Bonchev–Trinajstić information content (AvgIpc) is 3.27. The third kappa shape index (κ3) is 3.39. The van der Waals surface area contributed by atoms with Crippen LogP contribution in [0.1, 0.15) is 35.4 Å². The molecule has 23 heavy (non-hydrogen) atoms. The molecular formula is C16H18N4O3. The molecule has 7 heteroatoms. The summed E-state index contributed by atoms with van der Waals surface area (Å²) in [5.74, 6) is -1.12. The fraction of sp³-hybridized carbons (Fsp3) is 0.375. The maximum Gasteiger partial charge on any atom is 0.326 e. The van der Waals surface area contributed by atoms with Gasteiger partial charge in [-0.15, -0.1) is 5.10 Å². The van der Waals surface area contributed by atoms with Crippen LogP contribution in [-0.4, -0.2) is 38.0 Å². The van der Waals surface area contributed by atoms with Crippen molar-refractivity contribution in [2.75, 3.05) is 0 Å². The summed E-state index contributed by atoms with van der Waals surface area (Å²) in [6, 6.07) is 8.46. The topological polar surface area (TPSA) is 97.1 Å². The van der Waals surface area contributed by atoms with Crippen molar-refractivity contribution in [3.8, 4) is 5.69 Å². The molecule has 1 unspecified atom stereocenters. The van der Waals surface area contributed by atoms with E-state index in [1.807, 2.05) is 30.3 Å². The number of carboxylic acids is 1. The van der Waals surface area contributed by atoms with Crippen molar-refractivity contribution in [3.63, 3.8) is 0 Å². The Morgan fingerprint density at radius 3 is 2.65 bits per heavy atom. The second kappa shape index (κ2) is 6.20. The van der Waals surface area contributed by atoms with Crippen molar-refractivity contribution in [2.45, 2.75) is 32.2 Å². The minimum Gasteiger partial charge on any atom is -0.480 e. The Hall–Kier alpha value is -2.70. The lowest BCUT2D eigenvalue weighted by molar-refractivity contribution is -0.139. The second-order valence-corrected chi connectivity index (χ2v) is 5.81. The SMILES string of the molecule is Cc1c(C(=O)NC(CC2CC2)C(=O)O)nnn1-c1ccccc1. The molecular weight excluding hydrogens is 296 g/mol. The van der Waals surface area contributed by atoms with Gasteiger partial charge < -0.3 is 10.4 Å². The fourth-order valence-electron chi connectivity index (χ4n) is 2.49. The van der Waals surface area contributed by atoms with Crippen LogP contribution < -0.4 is 5.32 Å². The molecule has 0 spiro atoms. The number of carbonyl (C=O) groups excluding carboxylic acids is 1. The average molecular weight is 314 g/mol. The highest BCUT2D eigenvalue weighted by Crippen LogP contribution is 2.33. The van der Waals surface area contributed by atoms with Crippen LogP contribution in [-0.2, 0) is 4.79 Å². The normalized spacial score (nSPS) is 15.2. The number of rotatable bonds is 6. The van der Waals surface area contributed by atoms with E-state index in [9.17, 15) is 14.7 Å². The third-order valence-electron chi connectivity index (χ3n) is 3.98. The van der Waals surface area contributed by atoms with Crippen LogP contribution in [0.15, 0.2) is 30.3 Å². The van der Waals surface area contributed by atoms with Crippen molar-refractivity contribution in [1.82, 2.24) is 20.3 Å². The number of carbonyl (C=O) groups is 2. The molecule has 7 nitrogen and oxygen atoms in total. The maximum absolute atomic E-state index is 12.3. The van der Waals surface area contributed by atoms with E-state index in [0.29, 0.717) is 18.0 Å². The highest BCUT2D eigenvalue weighted by Gasteiger charge is 2.31. The highest BCUT2D eigenvalue weighted by molar-refractivity contribution is 5.95. The van der Waals surface area contributed by atoms with Crippen LogP contribution >= 0.6 is 0 Å². The second-order valence-electron chi connectivity index (χ2n) is 5.81. The van der Waals surface area contributed by atoms with Gasteiger partial charge in [-0.3, -0.25) is 4.79 Å². The van der Waals surface area contributed by atoms with Crippen LogP contribution in [0.4, 0.5) is 0 Å². The summed E-state index contributed by atoms with van der Waals surface area (Å²) < 4.78 is 1.56. The van der Waals surface area contributed by atoms with Crippen molar-refractivity contribution in [3.05, 3.63) is 41.7 Å². The maximum atomic E-state index is 12.3. The summed E-state index contributed by atoms with van der Waals surface area (Å²) in [7, 11) is 0. The number of hydrogen-bond acceptors (Lipinski definition) is 4. The number of benzene rings is 1. The van der Waals surface area contributed by atoms with E-state index < -0.39 is 17.9 Å². The van der Waals surface area contributed by atoms with Gasteiger partial charge in [0.1, 0.15) is 6.04 Å². The summed E-state index contributed by atoms with van der Waals surface area (Å²) >= 11 is 0. The predicted octanol–water partition coefficient (Wildman–Crippen LogP) is 1.56. The summed E-state index contributed by atoms with van der Waals surface area (Å²) in [5.41, 5.74) is 1.52. The van der Waals surface area contributed by atoms with Gasteiger partial charge in [-0.1, -0.05) is 36.3 Å². The van der Waals surface area contributed by atoms with Crippen molar-refractivity contribution in [2.24, 2.45) is 5.92 Å². The summed E-state index contributed by atoms with van der Waals surface area (Å²) in [5, 5.41) is 19.7. The number of hydrogen-bond donors (Lipinski definition) is 2. The minimum absolute atomic E-state index is 0.149. The number of aliphatic carboxylic acids is 1. The standard InChI is InChI=1S/C16H18N4O3/c1-10-14(18-19-20(10)12-5-3-2-4-6-12)15(21)17-13(16(22)23)9-11-7-8-11/h2-6,11,13H,7-9H2,1H3,(H,17,21)(H,22,23). The molecule has 1 aromatic heterocycles. The molecule has 120 valence electrons. The number of aromatic nitrogens is 3. The first kappa shape index (κ1) is 15.2. The van der Waals surface area contributed by atoms with Crippen LogP contribution in [0.2, 0.25) is 0 Å². The monoisotopic (exact) mass is 314 g/mol. The molecule has 0 saturated heterocycles. The first-order valence-corrected chi connectivity index (χ1v) is 7.57. The molecule has 1 heterocycles. The fourth-order valence-corrected chi connectivity index (χ4v) is 2.49. The van der Waals surface area contributed by atoms with E-state index >= 15 is 0 Å². The lowest BCUT2D eigenvalue weighted by atomic mass is 10.1.